The fraction of sp³-hybridized carbons (Fsp3) is 0.176. The molecule has 0 aliphatic rings. The lowest BCUT2D eigenvalue weighted by Crippen LogP contribution is -2.38. The molecule has 2 aromatic carbocycles. The lowest BCUT2D eigenvalue weighted by molar-refractivity contribution is -0.118. The van der Waals surface area contributed by atoms with Gasteiger partial charge in [-0.15, -0.1) is 0 Å². The number of hydrogen-bond acceptors (Lipinski definition) is 2. The van der Waals surface area contributed by atoms with Gasteiger partial charge in [0.15, 0.2) is 0 Å². The maximum atomic E-state index is 13.9. The van der Waals surface area contributed by atoms with E-state index in [4.69, 9.17) is 5.73 Å². The van der Waals surface area contributed by atoms with Gasteiger partial charge >= 0.3 is 0 Å². The standard InChI is InChI=1S/C17H17FN2O2/c1-12-7-8-15(18)14(9-12)10-20(11-16(19)21)17(22)13-5-3-2-4-6-13/h2-9H,10-11H2,1H3,(H2,19,21). The molecule has 0 radical (unpaired) electrons. The molecule has 5 heteroatoms. The summed E-state index contributed by atoms with van der Waals surface area (Å²) >= 11 is 0. The lowest BCUT2D eigenvalue weighted by Gasteiger charge is -2.22. The zero-order valence-corrected chi connectivity index (χ0v) is 12.3. The summed E-state index contributed by atoms with van der Waals surface area (Å²) in [5.74, 6) is -1.42. The van der Waals surface area contributed by atoms with Gasteiger partial charge in [-0.05, 0) is 25.1 Å². The van der Waals surface area contributed by atoms with Crippen molar-refractivity contribution in [2.45, 2.75) is 13.5 Å². The first-order chi connectivity index (χ1) is 10.5. The normalized spacial score (nSPS) is 10.3. The SMILES string of the molecule is Cc1ccc(F)c(CN(CC(N)=O)C(=O)c2ccccc2)c1. The number of hydrogen-bond donors (Lipinski definition) is 1. The van der Waals surface area contributed by atoms with Crippen molar-refractivity contribution >= 4 is 11.8 Å². The highest BCUT2D eigenvalue weighted by molar-refractivity contribution is 5.96. The molecule has 0 bridgehead atoms. The molecule has 2 rings (SSSR count). The van der Waals surface area contributed by atoms with E-state index in [1.165, 1.54) is 11.0 Å². The van der Waals surface area contributed by atoms with E-state index in [2.05, 4.69) is 0 Å². The van der Waals surface area contributed by atoms with E-state index in [0.717, 1.165) is 5.56 Å². The first-order valence-electron chi connectivity index (χ1n) is 6.85. The fourth-order valence-electron chi connectivity index (χ4n) is 2.18. The number of benzene rings is 2. The number of nitrogens with two attached hydrogens (primary N) is 1. The van der Waals surface area contributed by atoms with E-state index in [1.54, 1.807) is 42.5 Å². The van der Waals surface area contributed by atoms with Crippen molar-refractivity contribution in [3.63, 3.8) is 0 Å². The quantitative estimate of drug-likeness (QED) is 0.920. The summed E-state index contributed by atoms with van der Waals surface area (Å²) in [7, 11) is 0. The Morgan fingerprint density at radius 2 is 1.82 bits per heavy atom. The molecule has 4 nitrogen and oxygen atoms in total. The second-order valence-electron chi connectivity index (χ2n) is 5.09. The minimum absolute atomic E-state index is 0.00974. The van der Waals surface area contributed by atoms with Gasteiger partial charge in [-0.1, -0.05) is 35.9 Å². The Bertz CT molecular complexity index is 686. The van der Waals surface area contributed by atoms with E-state index in [0.29, 0.717) is 11.1 Å². The number of carbonyl (C=O) groups is 2. The lowest BCUT2D eigenvalue weighted by atomic mass is 10.1. The average molecular weight is 300 g/mol. The number of primary amides is 1. The molecule has 114 valence electrons. The highest BCUT2D eigenvalue weighted by Gasteiger charge is 2.19. The summed E-state index contributed by atoms with van der Waals surface area (Å²) < 4.78 is 13.9. The number of halogens is 1. The molecule has 0 spiro atoms. The zero-order chi connectivity index (χ0) is 16.1. The summed E-state index contributed by atoms with van der Waals surface area (Å²) in [4.78, 5) is 24.9. The third-order valence-corrected chi connectivity index (χ3v) is 3.22. The van der Waals surface area contributed by atoms with Gasteiger partial charge in [-0.25, -0.2) is 4.39 Å². The van der Waals surface area contributed by atoms with E-state index in [-0.39, 0.29) is 19.0 Å². The van der Waals surface area contributed by atoms with Crippen molar-refractivity contribution in [2.75, 3.05) is 6.54 Å². The van der Waals surface area contributed by atoms with Crippen molar-refractivity contribution in [3.05, 3.63) is 71.0 Å². The summed E-state index contributed by atoms with van der Waals surface area (Å²) in [6, 6.07) is 13.2. The molecule has 0 heterocycles. The van der Waals surface area contributed by atoms with Gasteiger partial charge < -0.3 is 10.6 Å². The van der Waals surface area contributed by atoms with Gasteiger partial charge in [-0.3, -0.25) is 9.59 Å². The van der Waals surface area contributed by atoms with Gasteiger partial charge in [0.1, 0.15) is 5.82 Å². The number of carbonyl (C=O) groups excluding carboxylic acids is 2. The number of aryl methyl sites for hydroxylation is 1. The van der Waals surface area contributed by atoms with Gasteiger partial charge in [0.05, 0.1) is 6.54 Å². The molecule has 22 heavy (non-hydrogen) atoms. The van der Waals surface area contributed by atoms with Crippen LogP contribution in [-0.2, 0) is 11.3 Å². The molecule has 0 aromatic heterocycles. The second kappa shape index (κ2) is 6.85. The Morgan fingerprint density at radius 1 is 1.14 bits per heavy atom. The van der Waals surface area contributed by atoms with Crippen LogP contribution in [0.4, 0.5) is 4.39 Å². The van der Waals surface area contributed by atoms with Gasteiger partial charge in [-0.2, -0.15) is 0 Å². The monoisotopic (exact) mass is 300 g/mol. The molecule has 2 N–H and O–H groups in total. The third kappa shape index (κ3) is 3.91. The molecular formula is C17H17FN2O2. The first-order valence-corrected chi connectivity index (χ1v) is 6.85. The van der Waals surface area contributed by atoms with Crippen LogP contribution in [0.3, 0.4) is 0 Å². The summed E-state index contributed by atoms with van der Waals surface area (Å²) in [5.41, 5.74) is 6.86. The zero-order valence-electron chi connectivity index (χ0n) is 12.3. The molecule has 0 unspecified atom stereocenters. The van der Waals surface area contributed by atoms with Crippen LogP contribution < -0.4 is 5.73 Å². The van der Waals surface area contributed by atoms with Crippen molar-refractivity contribution < 1.29 is 14.0 Å². The van der Waals surface area contributed by atoms with Crippen LogP contribution in [0.5, 0.6) is 0 Å². The molecule has 0 saturated carbocycles. The van der Waals surface area contributed by atoms with Crippen molar-refractivity contribution in [1.82, 2.24) is 4.90 Å². The van der Waals surface area contributed by atoms with Gasteiger partial charge in [0, 0.05) is 17.7 Å². The smallest absolute Gasteiger partial charge is 0.254 e. The Balaban J connectivity index is 2.28. The molecule has 2 amide bonds. The Morgan fingerprint density at radius 3 is 2.45 bits per heavy atom. The Labute approximate surface area is 128 Å². The van der Waals surface area contributed by atoms with Crippen LogP contribution in [0.2, 0.25) is 0 Å². The van der Waals surface area contributed by atoms with Crippen molar-refractivity contribution in [1.29, 1.82) is 0 Å². The number of rotatable bonds is 5. The Kier molecular flexibility index (Phi) is 4.88. The molecule has 0 fully saturated rings. The molecule has 0 saturated heterocycles. The maximum Gasteiger partial charge on any atom is 0.254 e. The van der Waals surface area contributed by atoms with Crippen LogP contribution in [0.1, 0.15) is 21.5 Å². The van der Waals surface area contributed by atoms with Gasteiger partial charge in [0.25, 0.3) is 5.91 Å². The second-order valence-corrected chi connectivity index (χ2v) is 5.09. The molecular weight excluding hydrogens is 283 g/mol. The van der Waals surface area contributed by atoms with Crippen molar-refractivity contribution in [3.8, 4) is 0 Å². The topological polar surface area (TPSA) is 63.4 Å². The largest absolute Gasteiger partial charge is 0.368 e. The molecule has 0 aliphatic carbocycles. The van der Waals surface area contributed by atoms with E-state index >= 15 is 0 Å². The van der Waals surface area contributed by atoms with Crippen LogP contribution in [0.15, 0.2) is 48.5 Å². The summed E-state index contributed by atoms with van der Waals surface area (Å²) in [6.45, 7) is 1.56. The van der Waals surface area contributed by atoms with E-state index in [9.17, 15) is 14.0 Å². The number of amides is 2. The van der Waals surface area contributed by atoms with E-state index in [1.807, 2.05) is 6.92 Å². The minimum Gasteiger partial charge on any atom is -0.368 e. The predicted molar refractivity (Wildman–Crippen MR) is 81.5 cm³/mol. The first kappa shape index (κ1) is 15.7. The van der Waals surface area contributed by atoms with E-state index < -0.39 is 11.7 Å². The van der Waals surface area contributed by atoms with Crippen LogP contribution in [-0.4, -0.2) is 23.3 Å². The Hall–Kier alpha value is -2.69. The van der Waals surface area contributed by atoms with Crippen LogP contribution in [0, 0.1) is 12.7 Å². The number of nitrogens with zero attached hydrogens (tertiary/aromatic N) is 1. The molecule has 0 aliphatic heterocycles. The average Bonchev–Trinajstić information content (AvgIpc) is 2.50. The van der Waals surface area contributed by atoms with Crippen molar-refractivity contribution in [2.24, 2.45) is 5.73 Å². The highest BCUT2D eigenvalue weighted by atomic mass is 19.1. The van der Waals surface area contributed by atoms with Crippen LogP contribution >= 0.6 is 0 Å². The molecule has 0 atom stereocenters. The maximum absolute atomic E-state index is 13.9. The highest BCUT2D eigenvalue weighted by Crippen LogP contribution is 2.15. The molecule has 2 aromatic rings. The predicted octanol–water partition coefficient (Wildman–Crippen LogP) is 2.26. The summed E-state index contributed by atoms with van der Waals surface area (Å²) in [5, 5.41) is 0. The fourth-order valence-corrected chi connectivity index (χ4v) is 2.18. The van der Waals surface area contributed by atoms with Gasteiger partial charge in [0.2, 0.25) is 5.91 Å². The third-order valence-electron chi connectivity index (χ3n) is 3.22. The van der Waals surface area contributed by atoms with Crippen LogP contribution in [0.25, 0.3) is 0 Å². The summed E-state index contributed by atoms with van der Waals surface area (Å²) in [6.07, 6.45) is 0. The minimum atomic E-state index is -0.641.